The fourth-order valence-corrected chi connectivity index (χ4v) is 0. The van der Waals surface area contributed by atoms with Gasteiger partial charge in [0.1, 0.15) is 5.76 Å². The third-order valence-electron chi connectivity index (χ3n) is 0.256. The third kappa shape index (κ3) is 3.32. The maximum atomic E-state index is 8.10. The van der Waals surface area contributed by atoms with Crippen molar-refractivity contribution in [2.24, 2.45) is 0 Å². The summed E-state index contributed by atoms with van der Waals surface area (Å²) in [6, 6.07) is 0. The first-order chi connectivity index (χ1) is 2.27. The summed E-state index contributed by atoms with van der Waals surface area (Å²) in [4.78, 5) is 0. The van der Waals surface area contributed by atoms with Crippen molar-refractivity contribution in [3.05, 3.63) is 18.1 Å². The van der Waals surface area contributed by atoms with Gasteiger partial charge in [0.25, 0.3) is 0 Å². The van der Waals surface area contributed by atoms with Gasteiger partial charge >= 0.3 is 0 Å². The van der Waals surface area contributed by atoms with E-state index in [1.807, 2.05) is 0 Å². The van der Waals surface area contributed by atoms with Crippen molar-refractivity contribution in [1.82, 2.24) is 0 Å². The molecule has 0 unspecified atom stereocenters. The van der Waals surface area contributed by atoms with Crippen LogP contribution in [0.3, 0.4) is 0 Å². The van der Waals surface area contributed by atoms with E-state index in [1.54, 1.807) is 0 Å². The number of allylic oxidation sites excluding steroid dienone is 1. The molecule has 1 N–H and O–H groups in total. The topological polar surface area (TPSA) is 20.2 Å². The van der Waals surface area contributed by atoms with Gasteiger partial charge in [0.15, 0.2) is 0 Å². The second-order valence-electron chi connectivity index (χ2n) is 0.762. The molecular formula is C4H6O. The van der Waals surface area contributed by atoms with Crippen LogP contribution in [-0.2, 0) is 0 Å². The molecule has 1 heteroatoms. The highest BCUT2D eigenvalue weighted by Crippen LogP contribution is 1.71. The van der Waals surface area contributed by atoms with Crippen LogP contribution in [0.4, 0.5) is 0 Å². The fourth-order valence-electron chi connectivity index (χ4n) is 0. The smallest absolute Gasteiger partial charge is 0.131 e. The molecule has 1 nitrogen and oxygen atoms in total. The molecule has 0 aliphatic carbocycles. The Kier molecular flexibility index (Phi) is 1.40. The lowest BCUT2D eigenvalue weighted by atomic mass is 10.6. The Morgan fingerprint density at radius 1 is 2.00 bits per heavy atom. The Morgan fingerprint density at radius 2 is 2.20 bits per heavy atom. The van der Waals surface area contributed by atoms with Crippen molar-refractivity contribution in [2.75, 3.05) is 0 Å². The van der Waals surface area contributed by atoms with E-state index in [0.29, 0.717) is 0 Å². The van der Waals surface area contributed by atoms with Crippen LogP contribution in [0.5, 0.6) is 0 Å². The summed E-state index contributed by atoms with van der Waals surface area (Å²) < 4.78 is 0. The van der Waals surface area contributed by atoms with Crippen LogP contribution in [-0.4, -0.2) is 5.11 Å². The highest BCUT2D eigenvalue weighted by Gasteiger charge is 1.60. The lowest BCUT2D eigenvalue weighted by molar-refractivity contribution is 0.416. The van der Waals surface area contributed by atoms with Gasteiger partial charge in [-0.2, -0.15) is 0 Å². The first kappa shape index (κ1) is 4.32. The number of rotatable bonds is 0. The van der Waals surface area contributed by atoms with Gasteiger partial charge in [0.2, 0.25) is 0 Å². The molecule has 0 aromatic rings. The Hall–Kier alpha value is -0.680. The van der Waals surface area contributed by atoms with Crippen molar-refractivity contribution < 1.29 is 5.11 Å². The minimum atomic E-state index is 0.144. The van der Waals surface area contributed by atoms with Gasteiger partial charge in [-0.3, -0.25) is 0 Å². The largest absolute Gasteiger partial charge is 0.505 e. The zero-order valence-corrected chi connectivity index (χ0v) is 3.15. The summed E-state index contributed by atoms with van der Waals surface area (Å²) >= 11 is 0. The Labute approximate surface area is 31.2 Å². The van der Waals surface area contributed by atoms with Crippen LogP contribution in [0, 0.1) is 0 Å². The van der Waals surface area contributed by atoms with E-state index in [-0.39, 0.29) is 5.76 Å². The zero-order chi connectivity index (χ0) is 4.28. The van der Waals surface area contributed by atoms with E-state index in [0.717, 1.165) is 0 Å². The van der Waals surface area contributed by atoms with Crippen LogP contribution >= 0.6 is 0 Å². The quantitative estimate of drug-likeness (QED) is 0.335. The van der Waals surface area contributed by atoms with Crippen LogP contribution in [0.2, 0.25) is 0 Å². The molecule has 0 heterocycles. The highest BCUT2D eigenvalue weighted by atomic mass is 16.3. The SMILES string of the molecule is C=C=C(C)O. The number of aliphatic hydroxyl groups is 1. The Balaban J connectivity index is 3.60. The van der Waals surface area contributed by atoms with Crippen LogP contribution < -0.4 is 0 Å². The van der Waals surface area contributed by atoms with Gasteiger partial charge in [-0.05, 0) is 0 Å². The summed E-state index contributed by atoms with van der Waals surface area (Å²) in [5, 5.41) is 8.10. The molecule has 28 valence electrons. The molecule has 0 fully saturated rings. The molecule has 0 aromatic heterocycles. The molecule has 0 aromatic carbocycles. The summed E-state index contributed by atoms with van der Waals surface area (Å²) in [5.41, 5.74) is 2.25. The maximum Gasteiger partial charge on any atom is 0.131 e. The molecule has 0 spiro atoms. The average molecular weight is 70.1 g/mol. The summed E-state index contributed by atoms with van der Waals surface area (Å²) in [7, 11) is 0. The average Bonchev–Trinajstić information content (AvgIpc) is 1.38. The summed E-state index contributed by atoms with van der Waals surface area (Å²) in [6.07, 6.45) is 0. The minimum Gasteiger partial charge on any atom is -0.505 e. The van der Waals surface area contributed by atoms with E-state index < -0.39 is 0 Å². The molecule has 0 amide bonds. The molecule has 0 bridgehead atoms. The second kappa shape index (κ2) is 1.62. The second-order valence-corrected chi connectivity index (χ2v) is 0.762. The molecule has 0 aliphatic rings. The molecule has 0 atom stereocenters. The highest BCUT2D eigenvalue weighted by molar-refractivity contribution is 4.78. The van der Waals surface area contributed by atoms with Crippen LogP contribution in [0.1, 0.15) is 6.92 Å². The number of hydrogen-bond acceptors (Lipinski definition) is 1. The van der Waals surface area contributed by atoms with Crippen LogP contribution in [0.25, 0.3) is 0 Å². The van der Waals surface area contributed by atoms with Crippen molar-refractivity contribution in [2.45, 2.75) is 6.92 Å². The predicted molar refractivity (Wildman–Crippen MR) is 21.0 cm³/mol. The first-order valence-corrected chi connectivity index (χ1v) is 1.33. The lowest BCUT2D eigenvalue weighted by Crippen LogP contribution is -1.56. The monoisotopic (exact) mass is 70.0 g/mol. The van der Waals surface area contributed by atoms with Gasteiger partial charge in [-0.1, -0.05) is 12.3 Å². The summed E-state index contributed by atoms with van der Waals surface area (Å²) in [5.74, 6) is 0.144. The van der Waals surface area contributed by atoms with Crippen LogP contribution in [0.15, 0.2) is 18.1 Å². The predicted octanol–water partition coefficient (Wildman–Crippen LogP) is 1.23. The molecule has 0 rings (SSSR count). The number of aliphatic hydroxyl groups excluding tert-OH is 1. The van der Waals surface area contributed by atoms with Gasteiger partial charge in [-0.25, -0.2) is 0 Å². The zero-order valence-electron chi connectivity index (χ0n) is 3.15. The van der Waals surface area contributed by atoms with E-state index >= 15 is 0 Å². The molecular weight excluding hydrogens is 64.0 g/mol. The van der Waals surface area contributed by atoms with Gasteiger partial charge in [-0.15, -0.1) is 0 Å². The molecule has 0 saturated carbocycles. The van der Waals surface area contributed by atoms with Crippen molar-refractivity contribution in [3.8, 4) is 0 Å². The van der Waals surface area contributed by atoms with E-state index in [9.17, 15) is 0 Å². The Morgan fingerprint density at radius 3 is 2.20 bits per heavy atom. The Bertz CT molecular complexity index is 63.7. The maximum absolute atomic E-state index is 8.10. The third-order valence-corrected chi connectivity index (χ3v) is 0.256. The summed E-state index contributed by atoms with van der Waals surface area (Å²) in [6.45, 7) is 4.67. The van der Waals surface area contributed by atoms with Gasteiger partial charge in [0, 0.05) is 6.92 Å². The lowest BCUT2D eigenvalue weighted by Gasteiger charge is -1.69. The van der Waals surface area contributed by atoms with E-state index in [2.05, 4.69) is 12.3 Å². The minimum absolute atomic E-state index is 0.144. The van der Waals surface area contributed by atoms with Gasteiger partial charge < -0.3 is 5.11 Å². The van der Waals surface area contributed by atoms with Crippen molar-refractivity contribution in [3.63, 3.8) is 0 Å². The molecule has 0 saturated heterocycles. The molecule has 0 radical (unpaired) electrons. The first-order valence-electron chi connectivity index (χ1n) is 1.33. The molecule has 0 aliphatic heterocycles. The van der Waals surface area contributed by atoms with Crippen molar-refractivity contribution >= 4 is 0 Å². The van der Waals surface area contributed by atoms with Gasteiger partial charge in [0.05, 0.1) is 0 Å². The van der Waals surface area contributed by atoms with Crippen molar-refractivity contribution in [1.29, 1.82) is 0 Å². The van der Waals surface area contributed by atoms with E-state index in [1.165, 1.54) is 6.92 Å². The molecule has 5 heavy (non-hydrogen) atoms. The number of hydrogen-bond donors (Lipinski definition) is 1. The normalized spacial score (nSPS) is 5.80. The fraction of sp³-hybridized carbons (Fsp3) is 0.250. The van der Waals surface area contributed by atoms with E-state index in [4.69, 9.17) is 5.11 Å². The standard InChI is InChI=1S/C4H6O/c1-3-4(2)5/h5H,1H2,2H3.